The Balaban J connectivity index is 1.76. The lowest BCUT2D eigenvalue weighted by molar-refractivity contribution is -0.185. The van der Waals surface area contributed by atoms with Crippen molar-refractivity contribution in [3.63, 3.8) is 0 Å². The van der Waals surface area contributed by atoms with Crippen LogP contribution < -0.4 is 9.47 Å². The van der Waals surface area contributed by atoms with E-state index in [-0.39, 0.29) is 5.91 Å². The quantitative estimate of drug-likeness (QED) is 0.776. The lowest BCUT2D eigenvalue weighted by atomic mass is 9.71. The Hall–Kier alpha value is -2.53. The number of nitrogens with zero attached hydrogens (tertiary/aromatic N) is 1. The molecule has 1 unspecified atom stereocenters. The molecular formula is C21H25NO4. The van der Waals surface area contributed by atoms with Gasteiger partial charge in [0.2, 0.25) is 5.91 Å². The lowest BCUT2D eigenvalue weighted by Gasteiger charge is -2.56. The molecule has 1 fully saturated rings. The summed E-state index contributed by atoms with van der Waals surface area (Å²) in [6.07, 6.45) is -0.723. The second-order valence-corrected chi connectivity index (χ2v) is 6.95. The number of carbonyl (C=O) groups excluding carboxylic acids is 1. The second-order valence-electron chi connectivity index (χ2n) is 6.95. The number of benzene rings is 2. The smallest absolute Gasteiger partial charge is 0.231 e. The number of carbonyl (C=O) groups is 1. The summed E-state index contributed by atoms with van der Waals surface area (Å²) in [4.78, 5) is 14.4. The molecule has 1 saturated heterocycles. The van der Waals surface area contributed by atoms with Gasteiger partial charge in [-0.15, -0.1) is 0 Å². The number of β-lactam (4-membered cyclic amide) rings is 1. The van der Waals surface area contributed by atoms with Gasteiger partial charge < -0.3 is 19.5 Å². The number of hydrogen-bond acceptors (Lipinski definition) is 4. The summed E-state index contributed by atoms with van der Waals surface area (Å²) in [6, 6.07) is 17.2. The molecule has 26 heavy (non-hydrogen) atoms. The molecule has 5 nitrogen and oxygen atoms in total. The van der Waals surface area contributed by atoms with E-state index in [0.717, 1.165) is 17.1 Å². The first kappa shape index (κ1) is 18.3. The van der Waals surface area contributed by atoms with E-state index >= 15 is 0 Å². The number of amides is 1. The topological polar surface area (TPSA) is 59.0 Å². The standard InChI is InChI=1S/C21H25NO4/c1-15(23)19-20(24)22(13-16-9-11-17(25-3)12-10-16)21(19,2)14-26-18-7-5-4-6-8-18/h4-12,15,19,23H,13-14H2,1-3H3/t15-,19?,21+/m0/s1. The van der Waals surface area contributed by atoms with Gasteiger partial charge in [0.15, 0.2) is 0 Å². The van der Waals surface area contributed by atoms with Gasteiger partial charge in [0, 0.05) is 6.54 Å². The van der Waals surface area contributed by atoms with Crippen LogP contribution in [0.5, 0.6) is 11.5 Å². The van der Waals surface area contributed by atoms with Crippen LogP contribution in [0, 0.1) is 5.92 Å². The van der Waals surface area contributed by atoms with E-state index in [1.807, 2.05) is 61.5 Å². The van der Waals surface area contributed by atoms with E-state index in [9.17, 15) is 9.90 Å². The Morgan fingerprint density at radius 2 is 1.77 bits per heavy atom. The van der Waals surface area contributed by atoms with E-state index in [2.05, 4.69) is 0 Å². The van der Waals surface area contributed by atoms with Crippen LogP contribution in [0.2, 0.25) is 0 Å². The second kappa shape index (κ2) is 7.38. The number of para-hydroxylation sites is 1. The molecule has 3 rings (SSSR count). The van der Waals surface area contributed by atoms with Gasteiger partial charge in [0.1, 0.15) is 18.1 Å². The number of aliphatic hydroxyl groups is 1. The molecule has 1 N–H and O–H groups in total. The highest BCUT2D eigenvalue weighted by Gasteiger charge is 2.59. The van der Waals surface area contributed by atoms with Crippen molar-refractivity contribution < 1.29 is 19.4 Å². The Kier molecular flexibility index (Phi) is 5.18. The van der Waals surface area contributed by atoms with Crippen molar-refractivity contribution in [3.05, 3.63) is 60.2 Å². The third kappa shape index (κ3) is 3.40. The summed E-state index contributed by atoms with van der Waals surface area (Å²) in [5.74, 6) is 1.02. The van der Waals surface area contributed by atoms with Gasteiger partial charge in [0.05, 0.1) is 24.7 Å². The lowest BCUT2D eigenvalue weighted by Crippen LogP contribution is -2.73. The number of hydrogen-bond donors (Lipinski definition) is 1. The van der Waals surface area contributed by atoms with Crippen molar-refractivity contribution in [2.45, 2.75) is 32.0 Å². The molecule has 0 radical (unpaired) electrons. The number of methoxy groups -OCH3 is 1. The minimum Gasteiger partial charge on any atom is -0.497 e. The zero-order valence-corrected chi connectivity index (χ0v) is 15.4. The fourth-order valence-electron chi connectivity index (χ4n) is 3.60. The first-order valence-corrected chi connectivity index (χ1v) is 8.76. The average molecular weight is 355 g/mol. The Morgan fingerprint density at radius 3 is 2.35 bits per heavy atom. The fourth-order valence-corrected chi connectivity index (χ4v) is 3.60. The summed E-state index contributed by atoms with van der Waals surface area (Å²) in [6.45, 7) is 4.43. The van der Waals surface area contributed by atoms with Crippen LogP contribution >= 0.6 is 0 Å². The molecule has 1 aliphatic heterocycles. The van der Waals surface area contributed by atoms with Crippen molar-refractivity contribution in [2.24, 2.45) is 5.92 Å². The molecule has 0 aliphatic carbocycles. The summed E-state index contributed by atoms with van der Waals surface area (Å²) in [7, 11) is 1.62. The summed E-state index contributed by atoms with van der Waals surface area (Å²) in [5, 5.41) is 10.1. The number of aliphatic hydroxyl groups excluding tert-OH is 1. The highest BCUT2D eigenvalue weighted by molar-refractivity contribution is 5.88. The molecule has 0 spiro atoms. The van der Waals surface area contributed by atoms with Crippen molar-refractivity contribution in [3.8, 4) is 11.5 Å². The molecule has 0 aromatic heterocycles. The molecule has 1 amide bonds. The van der Waals surface area contributed by atoms with Crippen LogP contribution in [0.25, 0.3) is 0 Å². The first-order chi connectivity index (χ1) is 12.5. The monoisotopic (exact) mass is 355 g/mol. The fraction of sp³-hybridized carbons (Fsp3) is 0.381. The van der Waals surface area contributed by atoms with Gasteiger partial charge in [0.25, 0.3) is 0 Å². The molecule has 1 heterocycles. The van der Waals surface area contributed by atoms with Crippen molar-refractivity contribution >= 4 is 5.91 Å². The van der Waals surface area contributed by atoms with Gasteiger partial charge in [-0.3, -0.25) is 4.79 Å². The van der Waals surface area contributed by atoms with Crippen LogP contribution in [0.3, 0.4) is 0 Å². The van der Waals surface area contributed by atoms with Gasteiger partial charge in [-0.05, 0) is 43.7 Å². The number of likely N-dealkylation sites (tertiary alicyclic amines) is 1. The van der Waals surface area contributed by atoms with E-state index in [4.69, 9.17) is 9.47 Å². The molecule has 1 aliphatic rings. The minimum absolute atomic E-state index is 0.0463. The highest BCUT2D eigenvalue weighted by Crippen LogP contribution is 2.41. The van der Waals surface area contributed by atoms with E-state index < -0.39 is 17.6 Å². The zero-order chi connectivity index (χ0) is 18.7. The van der Waals surface area contributed by atoms with Gasteiger partial charge >= 0.3 is 0 Å². The zero-order valence-electron chi connectivity index (χ0n) is 15.4. The largest absolute Gasteiger partial charge is 0.497 e. The average Bonchev–Trinajstić information content (AvgIpc) is 2.65. The predicted molar refractivity (Wildman–Crippen MR) is 99.1 cm³/mol. The maximum atomic E-state index is 12.6. The van der Waals surface area contributed by atoms with Crippen molar-refractivity contribution in [1.82, 2.24) is 4.90 Å². The molecule has 138 valence electrons. The molecule has 3 atom stereocenters. The van der Waals surface area contributed by atoms with Crippen LogP contribution in [0.15, 0.2) is 54.6 Å². The molecule has 0 saturated carbocycles. The third-order valence-electron chi connectivity index (χ3n) is 5.08. The molecule has 5 heteroatoms. The molecule has 2 aromatic carbocycles. The van der Waals surface area contributed by atoms with Gasteiger partial charge in [-0.2, -0.15) is 0 Å². The normalized spacial score (nSPS) is 23.3. The summed E-state index contributed by atoms with van der Waals surface area (Å²) >= 11 is 0. The molecule has 2 aromatic rings. The third-order valence-corrected chi connectivity index (χ3v) is 5.08. The predicted octanol–water partition coefficient (Wildman–Crippen LogP) is 2.87. The SMILES string of the molecule is COc1ccc(CN2C(=O)C([C@H](C)O)[C@@]2(C)COc2ccccc2)cc1. The molecule has 0 bridgehead atoms. The number of ether oxygens (including phenoxy) is 2. The van der Waals surface area contributed by atoms with Crippen molar-refractivity contribution in [1.29, 1.82) is 0 Å². The highest BCUT2D eigenvalue weighted by atomic mass is 16.5. The Bertz CT molecular complexity index is 744. The van der Waals surface area contributed by atoms with E-state index in [0.29, 0.717) is 13.2 Å². The van der Waals surface area contributed by atoms with E-state index in [1.54, 1.807) is 18.9 Å². The first-order valence-electron chi connectivity index (χ1n) is 8.76. The van der Waals surface area contributed by atoms with Gasteiger partial charge in [-0.25, -0.2) is 0 Å². The molecular weight excluding hydrogens is 330 g/mol. The Labute approximate surface area is 154 Å². The van der Waals surface area contributed by atoms with E-state index in [1.165, 1.54) is 0 Å². The maximum Gasteiger partial charge on any atom is 0.231 e. The van der Waals surface area contributed by atoms with Crippen LogP contribution in [-0.4, -0.2) is 41.3 Å². The Morgan fingerprint density at radius 1 is 1.12 bits per heavy atom. The summed E-state index contributed by atoms with van der Waals surface area (Å²) < 4.78 is 11.1. The minimum atomic E-state index is -0.723. The maximum absolute atomic E-state index is 12.6. The van der Waals surface area contributed by atoms with Crippen LogP contribution in [0.4, 0.5) is 0 Å². The van der Waals surface area contributed by atoms with Crippen LogP contribution in [-0.2, 0) is 11.3 Å². The van der Waals surface area contributed by atoms with Crippen molar-refractivity contribution in [2.75, 3.05) is 13.7 Å². The summed E-state index contributed by atoms with van der Waals surface area (Å²) in [5.41, 5.74) is 0.440. The van der Waals surface area contributed by atoms with Crippen LogP contribution in [0.1, 0.15) is 19.4 Å². The number of rotatable bonds is 7. The van der Waals surface area contributed by atoms with Gasteiger partial charge in [-0.1, -0.05) is 30.3 Å².